The van der Waals surface area contributed by atoms with Gasteiger partial charge in [0.1, 0.15) is 5.82 Å². The Bertz CT molecular complexity index is 562. The van der Waals surface area contributed by atoms with Gasteiger partial charge in [0, 0.05) is 30.9 Å². The molecular weight excluding hydrogens is 238 g/mol. The Kier molecular flexibility index (Phi) is 3.38. The number of aromatic nitrogens is 3. The van der Waals surface area contributed by atoms with Gasteiger partial charge in [-0.3, -0.25) is 0 Å². The van der Waals surface area contributed by atoms with Crippen molar-refractivity contribution >= 4 is 11.5 Å². The van der Waals surface area contributed by atoms with E-state index in [1.54, 1.807) is 0 Å². The molecule has 1 aliphatic heterocycles. The first kappa shape index (κ1) is 12.4. The van der Waals surface area contributed by atoms with E-state index < -0.39 is 0 Å². The van der Waals surface area contributed by atoms with E-state index in [0.717, 1.165) is 49.6 Å². The molecule has 1 fully saturated rings. The largest absolute Gasteiger partial charge is 0.356 e. The Hall–Kier alpha value is -1.62. The molecule has 5 heteroatoms. The maximum absolute atomic E-state index is 5.78. The summed E-state index contributed by atoms with van der Waals surface area (Å²) in [5.41, 5.74) is 7.88. The highest BCUT2D eigenvalue weighted by Crippen LogP contribution is 2.24. The zero-order valence-electron chi connectivity index (χ0n) is 11.4. The summed E-state index contributed by atoms with van der Waals surface area (Å²) in [7, 11) is 0. The van der Waals surface area contributed by atoms with E-state index in [9.17, 15) is 0 Å². The molecule has 2 N–H and O–H groups in total. The third-order valence-corrected chi connectivity index (χ3v) is 3.84. The van der Waals surface area contributed by atoms with Crippen molar-refractivity contribution in [2.75, 3.05) is 24.5 Å². The summed E-state index contributed by atoms with van der Waals surface area (Å²) in [6.07, 6.45) is 5.12. The van der Waals surface area contributed by atoms with Gasteiger partial charge in [0.05, 0.1) is 6.20 Å². The van der Waals surface area contributed by atoms with E-state index in [1.165, 1.54) is 6.42 Å². The maximum Gasteiger partial charge on any atom is 0.157 e. The van der Waals surface area contributed by atoms with Gasteiger partial charge in [-0.05, 0) is 25.3 Å². The lowest BCUT2D eigenvalue weighted by Gasteiger charge is -2.20. The molecule has 1 aliphatic rings. The number of anilines is 1. The summed E-state index contributed by atoms with van der Waals surface area (Å²) in [4.78, 5) is 7.03. The SMILES string of the molecule is CCCc1cc(N2CCC(CN)C2)n2nccc2n1. The molecule has 0 bridgehead atoms. The Labute approximate surface area is 113 Å². The van der Waals surface area contributed by atoms with Gasteiger partial charge < -0.3 is 10.6 Å². The van der Waals surface area contributed by atoms with Gasteiger partial charge in [-0.15, -0.1) is 0 Å². The second-order valence-corrected chi connectivity index (χ2v) is 5.29. The summed E-state index contributed by atoms with van der Waals surface area (Å²) < 4.78 is 1.94. The van der Waals surface area contributed by atoms with Gasteiger partial charge in [0.2, 0.25) is 0 Å². The van der Waals surface area contributed by atoms with E-state index in [0.29, 0.717) is 5.92 Å². The average molecular weight is 259 g/mol. The van der Waals surface area contributed by atoms with E-state index in [1.807, 2.05) is 16.8 Å². The molecule has 0 radical (unpaired) electrons. The lowest BCUT2D eigenvalue weighted by molar-refractivity contribution is 0.601. The Morgan fingerprint density at radius 1 is 1.47 bits per heavy atom. The van der Waals surface area contributed by atoms with Crippen molar-refractivity contribution in [3.05, 3.63) is 24.0 Å². The first-order valence-electron chi connectivity index (χ1n) is 7.10. The third-order valence-electron chi connectivity index (χ3n) is 3.84. The first-order valence-corrected chi connectivity index (χ1v) is 7.10. The molecule has 1 saturated heterocycles. The third kappa shape index (κ3) is 2.30. The predicted molar refractivity (Wildman–Crippen MR) is 76.4 cm³/mol. The molecule has 0 amide bonds. The lowest BCUT2D eigenvalue weighted by atomic mass is 10.1. The van der Waals surface area contributed by atoms with Crippen molar-refractivity contribution in [3.8, 4) is 0 Å². The van der Waals surface area contributed by atoms with Crippen molar-refractivity contribution in [2.24, 2.45) is 11.7 Å². The number of hydrogen-bond donors (Lipinski definition) is 1. The van der Waals surface area contributed by atoms with Crippen LogP contribution in [0.25, 0.3) is 5.65 Å². The van der Waals surface area contributed by atoms with E-state index in [-0.39, 0.29) is 0 Å². The Balaban J connectivity index is 1.98. The van der Waals surface area contributed by atoms with Crippen molar-refractivity contribution in [3.63, 3.8) is 0 Å². The molecular formula is C14H21N5. The standard InChI is InChI=1S/C14H21N5/c1-2-3-12-8-14(18-7-5-11(9-15)10-18)19-13(17-12)4-6-16-19/h4,6,8,11H,2-3,5,7,9-10,15H2,1H3. The summed E-state index contributed by atoms with van der Waals surface area (Å²) in [5, 5.41) is 4.40. The van der Waals surface area contributed by atoms with Crippen LogP contribution >= 0.6 is 0 Å². The maximum atomic E-state index is 5.78. The highest BCUT2D eigenvalue weighted by Gasteiger charge is 2.23. The number of fused-ring (bicyclic) bond motifs is 1. The van der Waals surface area contributed by atoms with Gasteiger partial charge in [-0.2, -0.15) is 9.61 Å². The molecule has 0 aromatic carbocycles. The molecule has 3 rings (SSSR count). The van der Waals surface area contributed by atoms with Crippen LogP contribution in [0, 0.1) is 5.92 Å². The summed E-state index contributed by atoms with van der Waals surface area (Å²) >= 11 is 0. The van der Waals surface area contributed by atoms with Crippen molar-refractivity contribution < 1.29 is 0 Å². The topological polar surface area (TPSA) is 59.5 Å². The van der Waals surface area contributed by atoms with Crippen LogP contribution in [0.3, 0.4) is 0 Å². The number of rotatable bonds is 4. The second kappa shape index (κ2) is 5.17. The fourth-order valence-corrected chi connectivity index (χ4v) is 2.79. The fraction of sp³-hybridized carbons (Fsp3) is 0.571. The van der Waals surface area contributed by atoms with Crippen LogP contribution < -0.4 is 10.6 Å². The predicted octanol–water partition coefficient (Wildman–Crippen LogP) is 1.47. The van der Waals surface area contributed by atoms with Gasteiger partial charge in [-0.25, -0.2) is 4.98 Å². The number of nitrogens with zero attached hydrogens (tertiary/aromatic N) is 4. The molecule has 1 unspecified atom stereocenters. The van der Waals surface area contributed by atoms with Crippen LogP contribution in [0.5, 0.6) is 0 Å². The van der Waals surface area contributed by atoms with Crippen molar-refractivity contribution in [2.45, 2.75) is 26.2 Å². The molecule has 2 aromatic rings. The average Bonchev–Trinajstić information content (AvgIpc) is 3.06. The first-order chi connectivity index (χ1) is 9.31. The highest BCUT2D eigenvalue weighted by atomic mass is 15.3. The van der Waals surface area contributed by atoms with Crippen LogP contribution in [0.1, 0.15) is 25.5 Å². The molecule has 1 atom stereocenters. The smallest absolute Gasteiger partial charge is 0.157 e. The zero-order chi connectivity index (χ0) is 13.2. The second-order valence-electron chi connectivity index (χ2n) is 5.29. The van der Waals surface area contributed by atoms with Gasteiger partial charge in [0.25, 0.3) is 0 Å². The minimum absolute atomic E-state index is 0.605. The molecule has 0 spiro atoms. The summed E-state index contributed by atoms with van der Waals surface area (Å²) in [6.45, 7) is 5.04. The monoisotopic (exact) mass is 259 g/mol. The van der Waals surface area contributed by atoms with Crippen LogP contribution in [-0.4, -0.2) is 34.2 Å². The molecule has 2 aromatic heterocycles. The van der Waals surface area contributed by atoms with Crippen LogP contribution in [0.2, 0.25) is 0 Å². The molecule has 5 nitrogen and oxygen atoms in total. The quantitative estimate of drug-likeness (QED) is 0.903. The van der Waals surface area contributed by atoms with E-state index in [2.05, 4.69) is 28.0 Å². The number of hydrogen-bond acceptors (Lipinski definition) is 4. The Morgan fingerprint density at radius 3 is 3.11 bits per heavy atom. The lowest BCUT2D eigenvalue weighted by Crippen LogP contribution is -2.25. The zero-order valence-corrected chi connectivity index (χ0v) is 11.4. The van der Waals surface area contributed by atoms with Gasteiger partial charge in [0.15, 0.2) is 5.65 Å². The van der Waals surface area contributed by atoms with Gasteiger partial charge >= 0.3 is 0 Å². The minimum Gasteiger partial charge on any atom is -0.356 e. The fourth-order valence-electron chi connectivity index (χ4n) is 2.79. The minimum atomic E-state index is 0.605. The van der Waals surface area contributed by atoms with Crippen LogP contribution in [0.15, 0.2) is 18.3 Å². The molecule has 3 heterocycles. The molecule has 102 valence electrons. The van der Waals surface area contributed by atoms with E-state index in [4.69, 9.17) is 5.73 Å². The number of nitrogens with two attached hydrogens (primary N) is 1. The molecule has 0 saturated carbocycles. The molecule has 19 heavy (non-hydrogen) atoms. The number of aryl methyl sites for hydroxylation is 1. The summed E-state index contributed by atoms with van der Waals surface area (Å²) in [6, 6.07) is 4.15. The highest BCUT2D eigenvalue weighted by molar-refractivity contribution is 5.51. The summed E-state index contributed by atoms with van der Waals surface area (Å²) in [5.74, 6) is 1.77. The van der Waals surface area contributed by atoms with Gasteiger partial charge in [-0.1, -0.05) is 13.3 Å². The molecule has 0 aliphatic carbocycles. The Morgan fingerprint density at radius 2 is 2.37 bits per heavy atom. The normalized spacial score (nSPS) is 19.5. The van der Waals surface area contributed by atoms with Crippen molar-refractivity contribution in [1.29, 1.82) is 0 Å². The van der Waals surface area contributed by atoms with Crippen LogP contribution in [-0.2, 0) is 6.42 Å². The van der Waals surface area contributed by atoms with Crippen LogP contribution in [0.4, 0.5) is 5.82 Å². The van der Waals surface area contributed by atoms with E-state index >= 15 is 0 Å². The van der Waals surface area contributed by atoms with Crippen molar-refractivity contribution in [1.82, 2.24) is 14.6 Å².